The Balaban J connectivity index is 2.01. The van der Waals surface area contributed by atoms with Crippen molar-refractivity contribution in [3.63, 3.8) is 0 Å². The summed E-state index contributed by atoms with van der Waals surface area (Å²) in [6.07, 6.45) is 0. The molecule has 0 radical (unpaired) electrons. The van der Waals surface area contributed by atoms with E-state index in [-0.39, 0.29) is 0 Å². The van der Waals surface area contributed by atoms with Gasteiger partial charge in [0.15, 0.2) is 0 Å². The summed E-state index contributed by atoms with van der Waals surface area (Å²) in [6, 6.07) is 11.4. The van der Waals surface area contributed by atoms with E-state index in [2.05, 4.69) is 27.1 Å². The number of amides is 1. The highest BCUT2D eigenvalue weighted by Gasteiger charge is 2.20. The van der Waals surface area contributed by atoms with Gasteiger partial charge in [-0.15, -0.1) is 4.68 Å². The molecule has 130 valence electrons. The number of aromatic nitrogens is 5. The quantitative estimate of drug-likeness (QED) is 0.676. The smallest absolute Gasteiger partial charge is 0.343 e. The summed E-state index contributed by atoms with van der Waals surface area (Å²) in [5.41, 5.74) is 3.08. The molecule has 1 aromatic carbocycles. The van der Waals surface area contributed by atoms with E-state index in [4.69, 9.17) is 0 Å². The van der Waals surface area contributed by atoms with Crippen LogP contribution in [0.25, 0.3) is 5.69 Å². The van der Waals surface area contributed by atoms with Gasteiger partial charge >= 0.3 is 11.7 Å². The SMILES string of the molecule is Cc1cc(-n2nnn(C(=O)N(C)C)c2=O)c(C)n1Cc1ccccc1. The Morgan fingerprint density at radius 1 is 1.12 bits per heavy atom. The second-order valence-electron chi connectivity index (χ2n) is 6.09. The number of hydrogen-bond donors (Lipinski definition) is 0. The van der Waals surface area contributed by atoms with Crippen molar-refractivity contribution in [1.29, 1.82) is 0 Å². The Morgan fingerprint density at radius 3 is 2.44 bits per heavy atom. The van der Waals surface area contributed by atoms with Gasteiger partial charge in [-0.2, -0.15) is 4.68 Å². The molecule has 0 saturated carbocycles. The number of hydrogen-bond acceptors (Lipinski definition) is 4. The van der Waals surface area contributed by atoms with E-state index in [0.29, 0.717) is 12.2 Å². The molecule has 0 fully saturated rings. The lowest BCUT2D eigenvalue weighted by Gasteiger charge is -2.09. The zero-order chi connectivity index (χ0) is 18.1. The number of carbonyl (C=O) groups is 1. The standard InChI is InChI=1S/C17H20N6O2/c1-12-10-15(13(2)21(12)11-14-8-6-5-7-9-14)22-17(25)23(19-18-22)16(24)20(3)4/h5-10H,11H2,1-4H3. The molecule has 8 heteroatoms. The minimum absolute atomic E-state index is 0.533. The number of nitrogens with zero attached hydrogens (tertiary/aromatic N) is 6. The van der Waals surface area contributed by atoms with Crippen molar-refractivity contribution < 1.29 is 4.79 Å². The summed E-state index contributed by atoms with van der Waals surface area (Å²) < 4.78 is 4.01. The van der Waals surface area contributed by atoms with Crippen molar-refractivity contribution in [2.24, 2.45) is 0 Å². The lowest BCUT2D eigenvalue weighted by atomic mass is 10.2. The molecule has 25 heavy (non-hydrogen) atoms. The minimum Gasteiger partial charge on any atom is -0.343 e. The first-order valence-electron chi connectivity index (χ1n) is 7.88. The fraction of sp³-hybridized carbons (Fsp3) is 0.294. The van der Waals surface area contributed by atoms with Gasteiger partial charge in [0, 0.05) is 32.0 Å². The second-order valence-corrected chi connectivity index (χ2v) is 6.09. The predicted octanol–water partition coefficient (Wildman–Crippen LogP) is 1.43. The third-order valence-electron chi connectivity index (χ3n) is 4.10. The predicted molar refractivity (Wildman–Crippen MR) is 93.1 cm³/mol. The van der Waals surface area contributed by atoms with E-state index in [1.165, 1.54) is 4.90 Å². The molecule has 0 N–H and O–H groups in total. The minimum atomic E-state index is -0.585. The number of tetrazole rings is 1. The molecular formula is C17H20N6O2. The van der Waals surface area contributed by atoms with E-state index in [9.17, 15) is 9.59 Å². The van der Waals surface area contributed by atoms with Crippen LogP contribution >= 0.6 is 0 Å². The van der Waals surface area contributed by atoms with Crippen LogP contribution in [-0.4, -0.2) is 49.4 Å². The normalized spacial score (nSPS) is 10.9. The fourth-order valence-corrected chi connectivity index (χ4v) is 2.71. The van der Waals surface area contributed by atoms with Crippen LogP contribution in [0.3, 0.4) is 0 Å². The Bertz CT molecular complexity index is 965. The molecule has 3 rings (SSSR count). The van der Waals surface area contributed by atoms with Gasteiger partial charge in [0.25, 0.3) is 0 Å². The van der Waals surface area contributed by atoms with Crippen molar-refractivity contribution in [3.8, 4) is 5.69 Å². The Morgan fingerprint density at radius 2 is 1.80 bits per heavy atom. The van der Waals surface area contributed by atoms with Crippen LogP contribution in [0.15, 0.2) is 41.2 Å². The maximum atomic E-state index is 12.5. The largest absolute Gasteiger partial charge is 0.377 e. The first-order chi connectivity index (χ1) is 11.9. The lowest BCUT2D eigenvalue weighted by Crippen LogP contribution is -2.36. The van der Waals surface area contributed by atoms with Crippen LogP contribution < -0.4 is 5.69 Å². The van der Waals surface area contributed by atoms with Gasteiger partial charge in [-0.05, 0) is 35.9 Å². The van der Waals surface area contributed by atoms with E-state index in [0.717, 1.165) is 26.3 Å². The zero-order valence-corrected chi connectivity index (χ0v) is 14.7. The Hall–Kier alpha value is -3.16. The molecule has 3 aromatic rings. The molecule has 0 aliphatic heterocycles. The summed E-state index contributed by atoms with van der Waals surface area (Å²) in [5.74, 6) is 0. The van der Waals surface area contributed by atoms with E-state index < -0.39 is 11.7 Å². The molecule has 0 aliphatic carbocycles. The summed E-state index contributed by atoms with van der Waals surface area (Å²) in [6.45, 7) is 4.59. The van der Waals surface area contributed by atoms with Crippen molar-refractivity contribution in [1.82, 2.24) is 29.3 Å². The molecule has 0 spiro atoms. The van der Waals surface area contributed by atoms with Crippen LogP contribution in [0.2, 0.25) is 0 Å². The van der Waals surface area contributed by atoms with Gasteiger partial charge in [0.05, 0.1) is 5.69 Å². The van der Waals surface area contributed by atoms with Crippen LogP contribution in [0.5, 0.6) is 0 Å². The lowest BCUT2D eigenvalue weighted by molar-refractivity contribution is 0.214. The van der Waals surface area contributed by atoms with Gasteiger partial charge in [0.1, 0.15) is 0 Å². The molecule has 1 amide bonds. The first kappa shape index (κ1) is 16.7. The summed E-state index contributed by atoms with van der Waals surface area (Å²) >= 11 is 0. The van der Waals surface area contributed by atoms with Crippen LogP contribution in [-0.2, 0) is 6.54 Å². The first-order valence-corrected chi connectivity index (χ1v) is 7.88. The molecule has 0 aliphatic rings. The number of rotatable bonds is 3. The summed E-state index contributed by atoms with van der Waals surface area (Å²) in [5, 5.41) is 7.56. The second kappa shape index (κ2) is 6.39. The molecule has 0 unspecified atom stereocenters. The van der Waals surface area contributed by atoms with Crippen molar-refractivity contribution in [3.05, 3.63) is 63.8 Å². The molecule has 8 nitrogen and oxygen atoms in total. The monoisotopic (exact) mass is 340 g/mol. The van der Waals surface area contributed by atoms with Crippen LogP contribution in [0, 0.1) is 13.8 Å². The highest BCUT2D eigenvalue weighted by atomic mass is 16.2. The molecule has 2 heterocycles. The highest BCUT2D eigenvalue weighted by Crippen LogP contribution is 2.19. The number of aryl methyl sites for hydroxylation is 1. The van der Waals surface area contributed by atoms with E-state index >= 15 is 0 Å². The number of benzene rings is 1. The Labute approximate surface area is 144 Å². The topological polar surface area (TPSA) is 78.0 Å². The van der Waals surface area contributed by atoms with Crippen molar-refractivity contribution >= 4 is 6.03 Å². The molecule has 2 aromatic heterocycles. The summed E-state index contributed by atoms with van der Waals surface area (Å²) in [4.78, 5) is 25.7. The van der Waals surface area contributed by atoms with Gasteiger partial charge in [-0.1, -0.05) is 30.3 Å². The average molecular weight is 340 g/mol. The van der Waals surface area contributed by atoms with Crippen molar-refractivity contribution in [2.75, 3.05) is 14.1 Å². The fourth-order valence-electron chi connectivity index (χ4n) is 2.71. The maximum Gasteiger partial charge on any atom is 0.377 e. The van der Waals surface area contributed by atoms with Crippen molar-refractivity contribution in [2.45, 2.75) is 20.4 Å². The maximum absolute atomic E-state index is 12.5. The third-order valence-corrected chi connectivity index (χ3v) is 4.10. The average Bonchev–Trinajstić information content (AvgIpc) is 3.09. The van der Waals surface area contributed by atoms with Crippen LogP contribution in [0.4, 0.5) is 4.79 Å². The van der Waals surface area contributed by atoms with Gasteiger partial charge < -0.3 is 9.47 Å². The number of carbonyl (C=O) groups excluding carboxylic acids is 1. The van der Waals surface area contributed by atoms with Crippen LogP contribution in [0.1, 0.15) is 17.0 Å². The molecular weight excluding hydrogens is 320 g/mol. The molecule has 0 saturated heterocycles. The van der Waals surface area contributed by atoms with Gasteiger partial charge in [0.2, 0.25) is 0 Å². The molecule has 0 atom stereocenters. The van der Waals surface area contributed by atoms with Gasteiger partial charge in [-0.25, -0.2) is 9.59 Å². The Kier molecular flexibility index (Phi) is 4.26. The zero-order valence-electron chi connectivity index (χ0n) is 14.7. The molecule has 0 bridgehead atoms. The summed E-state index contributed by atoms with van der Waals surface area (Å²) in [7, 11) is 3.11. The van der Waals surface area contributed by atoms with E-state index in [1.807, 2.05) is 38.1 Å². The van der Waals surface area contributed by atoms with Gasteiger partial charge in [-0.3, -0.25) is 0 Å². The van der Waals surface area contributed by atoms with E-state index in [1.54, 1.807) is 14.1 Å². The highest BCUT2D eigenvalue weighted by molar-refractivity contribution is 5.74. The third kappa shape index (κ3) is 2.98.